The van der Waals surface area contributed by atoms with Gasteiger partial charge in [0.2, 0.25) is 0 Å². The summed E-state index contributed by atoms with van der Waals surface area (Å²) in [6, 6.07) is 2.11. The standard InChI is InChI=1S/C14H22N2O2/c1-9(2)8-16(10(3)4)13-6-11(5)15-7-12(13)14(17)18/h6-7,9-10H,8H2,1-5H3,(H,17,18). The summed E-state index contributed by atoms with van der Waals surface area (Å²) in [5.41, 5.74) is 1.87. The van der Waals surface area contributed by atoms with Gasteiger partial charge in [-0.1, -0.05) is 13.8 Å². The molecule has 0 aliphatic rings. The van der Waals surface area contributed by atoms with Gasteiger partial charge in [-0.25, -0.2) is 4.79 Å². The Morgan fingerprint density at radius 1 is 1.39 bits per heavy atom. The van der Waals surface area contributed by atoms with Gasteiger partial charge in [0.15, 0.2) is 0 Å². The van der Waals surface area contributed by atoms with Gasteiger partial charge in [0.25, 0.3) is 0 Å². The molecule has 100 valence electrons. The van der Waals surface area contributed by atoms with Crippen molar-refractivity contribution in [2.75, 3.05) is 11.4 Å². The number of hydrogen-bond acceptors (Lipinski definition) is 3. The second-order valence-electron chi connectivity index (χ2n) is 5.29. The Balaban J connectivity index is 3.25. The summed E-state index contributed by atoms with van der Waals surface area (Å²) in [5, 5.41) is 9.25. The number of pyridine rings is 1. The summed E-state index contributed by atoms with van der Waals surface area (Å²) in [7, 11) is 0. The van der Waals surface area contributed by atoms with Gasteiger partial charge in [0.1, 0.15) is 5.56 Å². The van der Waals surface area contributed by atoms with Crippen molar-refractivity contribution in [3.8, 4) is 0 Å². The van der Waals surface area contributed by atoms with Crippen LogP contribution in [0, 0.1) is 12.8 Å². The molecule has 0 aromatic carbocycles. The molecular formula is C14H22N2O2. The quantitative estimate of drug-likeness (QED) is 0.873. The molecule has 0 fully saturated rings. The van der Waals surface area contributed by atoms with Gasteiger partial charge in [-0.3, -0.25) is 4.98 Å². The maximum absolute atomic E-state index is 11.3. The highest BCUT2D eigenvalue weighted by Gasteiger charge is 2.19. The molecule has 0 saturated carbocycles. The van der Waals surface area contributed by atoms with Crippen LogP contribution >= 0.6 is 0 Å². The lowest BCUT2D eigenvalue weighted by Crippen LogP contribution is -2.35. The lowest BCUT2D eigenvalue weighted by molar-refractivity contribution is 0.0697. The summed E-state index contributed by atoms with van der Waals surface area (Å²) in [6.07, 6.45) is 1.45. The zero-order valence-electron chi connectivity index (χ0n) is 11.8. The van der Waals surface area contributed by atoms with Crippen LogP contribution in [0.1, 0.15) is 43.7 Å². The van der Waals surface area contributed by atoms with E-state index < -0.39 is 5.97 Å². The number of aryl methyl sites for hydroxylation is 1. The van der Waals surface area contributed by atoms with Gasteiger partial charge in [0.05, 0.1) is 5.69 Å². The molecule has 0 bridgehead atoms. The van der Waals surface area contributed by atoms with E-state index in [9.17, 15) is 9.90 Å². The van der Waals surface area contributed by atoms with Crippen molar-refractivity contribution in [3.63, 3.8) is 0 Å². The minimum atomic E-state index is -0.924. The lowest BCUT2D eigenvalue weighted by atomic mass is 10.1. The molecule has 1 N–H and O–H groups in total. The van der Waals surface area contributed by atoms with E-state index in [1.807, 2.05) is 13.0 Å². The molecule has 0 unspecified atom stereocenters. The predicted octanol–water partition coefficient (Wildman–Crippen LogP) is 2.96. The second-order valence-corrected chi connectivity index (χ2v) is 5.29. The highest BCUT2D eigenvalue weighted by atomic mass is 16.4. The largest absolute Gasteiger partial charge is 0.478 e. The second kappa shape index (κ2) is 5.85. The van der Waals surface area contributed by atoms with E-state index in [0.29, 0.717) is 5.92 Å². The van der Waals surface area contributed by atoms with Gasteiger partial charge >= 0.3 is 5.97 Å². The first-order chi connectivity index (χ1) is 8.32. The smallest absolute Gasteiger partial charge is 0.339 e. The molecule has 18 heavy (non-hydrogen) atoms. The van der Waals surface area contributed by atoms with Crippen LogP contribution < -0.4 is 4.90 Å². The summed E-state index contributed by atoms with van der Waals surface area (Å²) in [4.78, 5) is 17.5. The van der Waals surface area contributed by atoms with E-state index >= 15 is 0 Å². The van der Waals surface area contributed by atoms with Crippen LogP contribution in [0.15, 0.2) is 12.3 Å². The number of carboxylic acid groups (broad SMARTS) is 1. The number of carbonyl (C=O) groups is 1. The Hall–Kier alpha value is -1.58. The summed E-state index contributed by atoms with van der Waals surface area (Å²) in [5.74, 6) is -0.450. The molecule has 0 atom stereocenters. The number of aromatic nitrogens is 1. The van der Waals surface area contributed by atoms with Gasteiger partial charge in [-0.15, -0.1) is 0 Å². The molecule has 1 heterocycles. The highest BCUT2D eigenvalue weighted by Crippen LogP contribution is 2.24. The fourth-order valence-corrected chi connectivity index (χ4v) is 1.93. The van der Waals surface area contributed by atoms with Gasteiger partial charge < -0.3 is 10.0 Å². The molecule has 0 amide bonds. The molecule has 0 radical (unpaired) electrons. The van der Waals surface area contributed by atoms with Crippen molar-refractivity contribution < 1.29 is 9.90 Å². The van der Waals surface area contributed by atoms with Crippen LogP contribution in [0.25, 0.3) is 0 Å². The molecule has 4 heteroatoms. The minimum Gasteiger partial charge on any atom is -0.478 e. The first kappa shape index (κ1) is 14.5. The van der Waals surface area contributed by atoms with Crippen molar-refractivity contribution in [1.29, 1.82) is 0 Å². The maximum atomic E-state index is 11.3. The number of rotatable bonds is 5. The van der Waals surface area contributed by atoms with Crippen LogP contribution in [0.4, 0.5) is 5.69 Å². The number of aromatic carboxylic acids is 1. The fraction of sp³-hybridized carbons (Fsp3) is 0.571. The normalized spacial score (nSPS) is 11.1. The first-order valence-corrected chi connectivity index (χ1v) is 6.29. The van der Waals surface area contributed by atoms with E-state index in [0.717, 1.165) is 17.9 Å². The van der Waals surface area contributed by atoms with Crippen molar-refractivity contribution in [2.24, 2.45) is 5.92 Å². The molecular weight excluding hydrogens is 228 g/mol. The van der Waals surface area contributed by atoms with Crippen molar-refractivity contribution in [3.05, 3.63) is 23.5 Å². The zero-order chi connectivity index (χ0) is 13.9. The molecule has 1 aromatic rings. The molecule has 0 aliphatic heterocycles. The van der Waals surface area contributed by atoms with E-state index in [-0.39, 0.29) is 11.6 Å². The van der Waals surface area contributed by atoms with E-state index in [2.05, 4.69) is 37.6 Å². The van der Waals surface area contributed by atoms with Gasteiger partial charge in [-0.05, 0) is 32.8 Å². The van der Waals surface area contributed by atoms with Crippen molar-refractivity contribution in [2.45, 2.75) is 40.7 Å². The van der Waals surface area contributed by atoms with Crippen LogP contribution in [-0.2, 0) is 0 Å². The average Bonchev–Trinajstić information content (AvgIpc) is 2.24. The van der Waals surface area contributed by atoms with Crippen molar-refractivity contribution in [1.82, 2.24) is 4.98 Å². The summed E-state index contributed by atoms with van der Waals surface area (Å²) < 4.78 is 0. The third kappa shape index (κ3) is 3.45. The topological polar surface area (TPSA) is 53.4 Å². The average molecular weight is 250 g/mol. The summed E-state index contributed by atoms with van der Waals surface area (Å²) >= 11 is 0. The van der Waals surface area contributed by atoms with Gasteiger partial charge in [0, 0.05) is 24.5 Å². The van der Waals surface area contributed by atoms with E-state index in [4.69, 9.17) is 0 Å². The molecule has 1 rings (SSSR count). The summed E-state index contributed by atoms with van der Waals surface area (Å²) in [6.45, 7) is 11.1. The Bertz CT molecular complexity index is 428. The Morgan fingerprint density at radius 2 is 2.00 bits per heavy atom. The zero-order valence-corrected chi connectivity index (χ0v) is 11.8. The maximum Gasteiger partial charge on any atom is 0.339 e. The SMILES string of the molecule is Cc1cc(N(CC(C)C)C(C)C)c(C(=O)O)cn1. The first-order valence-electron chi connectivity index (χ1n) is 6.29. The van der Waals surface area contributed by atoms with E-state index in [1.165, 1.54) is 6.20 Å². The molecule has 4 nitrogen and oxygen atoms in total. The van der Waals surface area contributed by atoms with E-state index in [1.54, 1.807) is 0 Å². The molecule has 1 aromatic heterocycles. The Kier molecular flexibility index (Phi) is 4.70. The van der Waals surface area contributed by atoms with Crippen molar-refractivity contribution >= 4 is 11.7 Å². The lowest BCUT2D eigenvalue weighted by Gasteiger charge is -2.31. The third-order valence-electron chi connectivity index (χ3n) is 2.74. The van der Waals surface area contributed by atoms with Crippen LogP contribution in [0.3, 0.4) is 0 Å². The number of hydrogen-bond donors (Lipinski definition) is 1. The predicted molar refractivity (Wildman–Crippen MR) is 73.3 cm³/mol. The van der Waals surface area contributed by atoms with Crippen LogP contribution in [-0.4, -0.2) is 28.6 Å². The molecule has 0 saturated heterocycles. The Labute approximate surface area is 109 Å². The monoisotopic (exact) mass is 250 g/mol. The number of anilines is 1. The molecule has 0 spiro atoms. The fourth-order valence-electron chi connectivity index (χ4n) is 1.93. The number of nitrogens with zero attached hydrogens (tertiary/aromatic N) is 2. The van der Waals surface area contributed by atoms with Crippen LogP contribution in [0.5, 0.6) is 0 Å². The Morgan fingerprint density at radius 3 is 2.44 bits per heavy atom. The number of carboxylic acids is 1. The third-order valence-corrected chi connectivity index (χ3v) is 2.74. The molecule has 0 aliphatic carbocycles. The highest BCUT2D eigenvalue weighted by molar-refractivity contribution is 5.94. The van der Waals surface area contributed by atoms with Gasteiger partial charge in [-0.2, -0.15) is 0 Å². The van der Waals surface area contributed by atoms with Crippen LogP contribution in [0.2, 0.25) is 0 Å². The minimum absolute atomic E-state index is 0.257.